The maximum Gasteiger partial charge on any atom is 0.333 e. The summed E-state index contributed by atoms with van der Waals surface area (Å²) < 4.78 is 5.63. The predicted octanol–water partition coefficient (Wildman–Crippen LogP) is 4.40. The van der Waals surface area contributed by atoms with Gasteiger partial charge in [0.05, 0.1) is 17.2 Å². The summed E-state index contributed by atoms with van der Waals surface area (Å²) in [5, 5.41) is 3.25. The zero-order chi connectivity index (χ0) is 17.0. The van der Waals surface area contributed by atoms with Crippen LogP contribution in [0, 0.1) is 0 Å². The lowest BCUT2D eigenvalue weighted by Crippen LogP contribution is -2.34. The Hall–Kier alpha value is -1.56. The first-order valence-electron chi connectivity index (χ1n) is 6.51. The number of methoxy groups -OCH3 is 1. The lowest BCUT2D eigenvalue weighted by atomic mass is 10.1. The van der Waals surface area contributed by atoms with Crippen molar-refractivity contribution in [2.45, 2.75) is 6.04 Å². The topological polar surface area (TPSA) is 55.4 Å². The first kappa shape index (κ1) is 17.8. The Bertz CT molecular complexity index is 735. The molecule has 0 aliphatic rings. The van der Waals surface area contributed by atoms with Gasteiger partial charge in [0.15, 0.2) is 6.04 Å². The van der Waals surface area contributed by atoms with Crippen molar-refractivity contribution in [1.82, 2.24) is 5.32 Å². The number of hydrogen-bond donors (Lipinski definition) is 1. The van der Waals surface area contributed by atoms with Gasteiger partial charge in [-0.2, -0.15) is 0 Å². The third-order valence-corrected chi connectivity index (χ3v) is 4.37. The second kappa shape index (κ2) is 7.81. The third-order valence-electron chi connectivity index (χ3n) is 3.10. The summed E-state index contributed by atoms with van der Waals surface area (Å²) in [5.41, 5.74) is 0.902. The van der Waals surface area contributed by atoms with Gasteiger partial charge in [-0.15, -0.1) is 0 Å². The predicted molar refractivity (Wildman–Crippen MR) is 92.8 cm³/mol. The van der Waals surface area contributed by atoms with Crippen molar-refractivity contribution in [3.05, 3.63) is 68.1 Å². The second-order valence-corrected chi connectivity index (χ2v) is 6.34. The number of amides is 1. The molecule has 0 saturated heterocycles. The minimum absolute atomic E-state index is 0.262. The Morgan fingerprint density at radius 2 is 1.74 bits per heavy atom. The largest absolute Gasteiger partial charge is 0.467 e. The zero-order valence-electron chi connectivity index (χ0n) is 12.0. The van der Waals surface area contributed by atoms with Crippen LogP contribution >= 0.6 is 39.1 Å². The first-order chi connectivity index (χ1) is 10.9. The molecule has 2 aromatic rings. The number of rotatable bonds is 4. The van der Waals surface area contributed by atoms with E-state index < -0.39 is 17.9 Å². The van der Waals surface area contributed by atoms with E-state index in [1.807, 2.05) is 0 Å². The van der Waals surface area contributed by atoms with Crippen LogP contribution in [-0.4, -0.2) is 19.0 Å². The van der Waals surface area contributed by atoms with Crippen LogP contribution in [0.25, 0.3) is 0 Å². The van der Waals surface area contributed by atoms with Crippen LogP contribution < -0.4 is 5.32 Å². The van der Waals surface area contributed by atoms with Crippen LogP contribution in [-0.2, 0) is 9.53 Å². The molecular formula is C16H12BrCl2NO3. The average molecular weight is 417 g/mol. The smallest absolute Gasteiger partial charge is 0.333 e. The van der Waals surface area contributed by atoms with E-state index in [-0.39, 0.29) is 5.02 Å². The molecule has 0 radical (unpaired) electrons. The molecule has 1 N–H and O–H groups in total. The molecule has 0 saturated carbocycles. The quantitative estimate of drug-likeness (QED) is 0.751. The van der Waals surface area contributed by atoms with Gasteiger partial charge in [0.2, 0.25) is 0 Å². The molecule has 1 atom stereocenters. The van der Waals surface area contributed by atoms with Gasteiger partial charge in [0.25, 0.3) is 5.91 Å². The van der Waals surface area contributed by atoms with Crippen LogP contribution in [0.3, 0.4) is 0 Å². The number of nitrogens with one attached hydrogen (secondary N) is 1. The fraction of sp³-hybridized carbons (Fsp3) is 0.125. The number of hydrogen-bond acceptors (Lipinski definition) is 3. The lowest BCUT2D eigenvalue weighted by molar-refractivity contribution is -0.143. The van der Waals surface area contributed by atoms with Crippen LogP contribution in [0.5, 0.6) is 0 Å². The van der Waals surface area contributed by atoms with Crippen molar-refractivity contribution in [2.75, 3.05) is 7.11 Å². The SMILES string of the molecule is COC(=O)C(NC(=O)c1ccc(Cl)c(Cl)c1)c1ccc(Br)cc1. The number of carbonyl (C=O) groups is 2. The van der Waals surface area contributed by atoms with Gasteiger partial charge in [0.1, 0.15) is 0 Å². The minimum Gasteiger partial charge on any atom is -0.467 e. The number of benzene rings is 2. The Kier molecular flexibility index (Phi) is 6.04. The highest BCUT2D eigenvalue weighted by atomic mass is 79.9. The molecular weight excluding hydrogens is 405 g/mol. The zero-order valence-corrected chi connectivity index (χ0v) is 15.1. The van der Waals surface area contributed by atoms with Crippen molar-refractivity contribution in [3.63, 3.8) is 0 Å². The Morgan fingerprint density at radius 3 is 2.30 bits per heavy atom. The number of esters is 1. The maximum atomic E-state index is 12.3. The molecule has 120 valence electrons. The van der Waals surface area contributed by atoms with Crippen molar-refractivity contribution < 1.29 is 14.3 Å². The normalized spacial score (nSPS) is 11.7. The van der Waals surface area contributed by atoms with Gasteiger partial charge in [-0.1, -0.05) is 51.3 Å². The third kappa shape index (κ3) is 4.47. The standard InChI is InChI=1S/C16H12BrCl2NO3/c1-23-16(22)14(9-2-5-11(17)6-3-9)20-15(21)10-4-7-12(18)13(19)8-10/h2-8,14H,1H3,(H,20,21). The van der Waals surface area contributed by atoms with E-state index in [9.17, 15) is 9.59 Å². The molecule has 0 heterocycles. The Labute approximate surface area is 151 Å². The van der Waals surface area contributed by atoms with Crippen LogP contribution in [0.1, 0.15) is 22.0 Å². The van der Waals surface area contributed by atoms with Gasteiger partial charge in [-0.05, 0) is 35.9 Å². The lowest BCUT2D eigenvalue weighted by Gasteiger charge is -2.17. The maximum absolute atomic E-state index is 12.3. The number of halogens is 3. The van der Waals surface area contributed by atoms with Crippen LogP contribution in [0.15, 0.2) is 46.9 Å². The molecule has 0 aromatic heterocycles. The van der Waals surface area contributed by atoms with Crippen LogP contribution in [0.2, 0.25) is 10.0 Å². The summed E-state index contributed by atoms with van der Waals surface area (Å²) in [5.74, 6) is -1.03. The van der Waals surface area contributed by atoms with Crippen molar-refractivity contribution in [1.29, 1.82) is 0 Å². The van der Waals surface area contributed by atoms with E-state index in [2.05, 4.69) is 21.2 Å². The highest BCUT2D eigenvalue weighted by Gasteiger charge is 2.24. The average Bonchev–Trinajstić information content (AvgIpc) is 2.55. The van der Waals surface area contributed by atoms with Crippen molar-refractivity contribution in [2.24, 2.45) is 0 Å². The fourth-order valence-corrected chi connectivity index (χ4v) is 2.47. The van der Waals surface area contributed by atoms with Gasteiger partial charge < -0.3 is 10.1 Å². The molecule has 2 aromatic carbocycles. The van der Waals surface area contributed by atoms with E-state index >= 15 is 0 Å². The highest BCUT2D eigenvalue weighted by Crippen LogP contribution is 2.23. The summed E-state index contributed by atoms with van der Waals surface area (Å²) in [6, 6.07) is 10.6. The fourth-order valence-electron chi connectivity index (χ4n) is 1.90. The highest BCUT2D eigenvalue weighted by molar-refractivity contribution is 9.10. The van der Waals surface area contributed by atoms with E-state index in [0.29, 0.717) is 16.1 Å². The Balaban J connectivity index is 2.26. The van der Waals surface area contributed by atoms with Crippen molar-refractivity contribution in [3.8, 4) is 0 Å². The van der Waals surface area contributed by atoms with Gasteiger partial charge in [-0.25, -0.2) is 4.79 Å². The molecule has 0 aliphatic heterocycles. The molecule has 4 nitrogen and oxygen atoms in total. The summed E-state index contributed by atoms with van der Waals surface area (Å²) >= 11 is 15.1. The minimum atomic E-state index is -0.921. The molecule has 23 heavy (non-hydrogen) atoms. The number of carbonyl (C=O) groups excluding carboxylic acids is 2. The van der Waals surface area contributed by atoms with E-state index in [0.717, 1.165) is 4.47 Å². The van der Waals surface area contributed by atoms with E-state index in [1.165, 1.54) is 25.3 Å². The molecule has 1 unspecified atom stereocenters. The monoisotopic (exact) mass is 415 g/mol. The molecule has 0 fully saturated rings. The van der Waals surface area contributed by atoms with E-state index in [1.54, 1.807) is 24.3 Å². The van der Waals surface area contributed by atoms with Gasteiger partial charge in [0, 0.05) is 10.0 Å². The second-order valence-electron chi connectivity index (χ2n) is 4.61. The van der Waals surface area contributed by atoms with Crippen molar-refractivity contribution >= 4 is 51.0 Å². The Morgan fingerprint density at radius 1 is 1.09 bits per heavy atom. The van der Waals surface area contributed by atoms with E-state index in [4.69, 9.17) is 27.9 Å². The first-order valence-corrected chi connectivity index (χ1v) is 8.06. The molecule has 1 amide bonds. The molecule has 0 bridgehead atoms. The van der Waals surface area contributed by atoms with Gasteiger partial charge in [-0.3, -0.25) is 4.79 Å². The molecule has 7 heteroatoms. The summed E-state index contributed by atoms with van der Waals surface area (Å²) in [6.07, 6.45) is 0. The molecule has 0 spiro atoms. The summed E-state index contributed by atoms with van der Waals surface area (Å²) in [4.78, 5) is 24.3. The van der Waals surface area contributed by atoms with Crippen LogP contribution in [0.4, 0.5) is 0 Å². The summed E-state index contributed by atoms with van der Waals surface area (Å²) in [6.45, 7) is 0. The molecule has 2 rings (SSSR count). The number of ether oxygens (including phenoxy) is 1. The summed E-state index contributed by atoms with van der Waals surface area (Å²) in [7, 11) is 1.26. The van der Waals surface area contributed by atoms with Gasteiger partial charge >= 0.3 is 5.97 Å². The molecule has 0 aliphatic carbocycles.